The van der Waals surface area contributed by atoms with E-state index in [9.17, 15) is 5.11 Å². The number of aliphatic hydroxyl groups is 1. The number of aryl methyl sites for hydroxylation is 1. The van der Waals surface area contributed by atoms with E-state index in [0.717, 1.165) is 10.6 Å². The zero-order valence-electron chi connectivity index (χ0n) is 9.59. The van der Waals surface area contributed by atoms with Crippen molar-refractivity contribution in [2.24, 2.45) is 12.0 Å². The lowest BCUT2D eigenvalue weighted by atomic mass is 10.4. The van der Waals surface area contributed by atoms with Crippen LogP contribution in [0.3, 0.4) is 0 Å². The number of imidazole rings is 1. The van der Waals surface area contributed by atoms with E-state index < -0.39 is 16.5 Å². The van der Waals surface area contributed by atoms with Crippen molar-refractivity contribution in [2.75, 3.05) is 0 Å². The molecule has 3 rings (SSSR count). The maximum absolute atomic E-state index is 10.00. The summed E-state index contributed by atoms with van der Waals surface area (Å²) in [6.45, 7) is 0. The van der Waals surface area contributed by atoms with Gasteiger partial charge in [0.2, 0.25) is 0 Å². The fourth-order valence-corrected chi connectivity index (χ4v) is 3.71. The molecule has 0 aromatic carbocycles. The van der Waals surface area contributed by atoms with Gasteiger partial charge in [-0.1, -0.05) is 17.0 Å². The minimum atomic E-state index is -1.14. The summed E-state index contributed by atoms with van der Waals surface area (Å²) >= 11 is -1.14. The van der Waals surface area contributed by atoms with Gasteiger partial charge < -0.3 is 5.11 Å². The molecule has 1 aliphatic rings. The van der Waals surface area contributed by atoms with E-state index >= 15 is 0 Å². The molecule has 0 spiro atoms. The van der Waals surface area contributed by atoms with Crippen LogP contribution >= 0.6 is 11.1 Å². The van der Waals surface area contributed by atoms with E-state index in [1.54, 1.807) is 23.4 Å². The highest BCUT2D eigenvalue weighted by atomic mass is 32.2. The molecule has 7 heteroatoms. The summed E-state index contributed by atoms with van der Waals surface area (Å²) < 4.78 is 3.53. The quantitative estimate of drug-likeness (QED) is 0.608. The first-order chi connectivity index (χ1) is 8.70. The molecule has 1 aliphatic heterocycles. The SMILES string of the molecule is C#CC(O)[SH]1C(c2cnn(C)c2)=Nc2cncn21. The Kier molecular flexibility index (Phi) is 2.47. The number of hydrogen-bond acceptors (Lipinski definition) is 4. The van der Waals surface area contributed by atoms with E-state index in [1.807, 2.05) is 17.2 Å². The predicted molar refractivity (Wildman–Crippen MR) is 70.9 cm³/mol. The molecular weight excluding hydrogens is 250 g/mol. The molecule has 3 heterocycles. The van der Waals surface area contributed by atoms with Crippen LogP contribution in [0.25, 0.3) is 0 Å². The first kappa shape index (κ1) is 11.1. The van der Waals surface area contributed by atoms with Crippen molar-refractivity contribution in [3.8, 4) is 12.3 Å². The Morgan fingerprint density at radius 1 is 1.50 bits per heavy atom. The zero-order chi connectivity index (χ0) is 12.7. The second-order valence-corrected chi connectivity index (χ2v) is 5.85. The van der Waals surface area contributed by atoms with Gasteiger partial charge in [-0.3, -0.25) is 8.65 Å². The lowest BCUT2D eigenvalue weighted by molar-refractivity contribution is 0.316. The van der Waals surface area contributed by atoms with E-state index in [2.05, 4.69) is 21.0 Å². The summed E-state index contributed by atoms with van der Waals surface area (Å²) in [6.07, 6.45) is 12.2. The molecule has 92 valence electrons. The van der Waals surface area contributed by atoms with E-state index in [1.165, 1.54) is 0 Å². The van der Waals surface area contributed by atoms with Crippen molar-refractivity contribution in [3.63, 3.8) is 0 Å². The van der Waals surface area contributed by atoms with E-state index in [0.29, 0.717) is 5.82 Å². The number of terminal acetylenes is 1. The Morgan fingerprint density at radius 3 is 3.00 bits per heavy atom. The third-order valence-corrected chi connectivity index (χ3v) is 4.79. The summed E-state index contributed by atoms with van der Waals surface area (Å²) in [5.74, 6) is 3.09. The number of aromatic nitrogens is 4. The molecule has 0 saturated heterocycles. The van der Waals surface area contributed by atoms with Crippen LogP contribution in [0.15, 0.2) is 29.9 Å². The number of aliphatic hydroxyl groups excluding tert-OH is 1. The van der Waals surface area contributed by atoms with Crippen molar-refractivity contribution >= 4 is 21.9 Å². The molecule has 0 aliphatic carbocycles. The Labute approximate surface area is 106 Å². The smallest absolute Gasteiger partial charge is 0.164 e. The molecule has 0 saturated carbocycles. The maximum Gasteiger partial charge on any atom is 0.164 e. The van der Waals surface area contributed by atoms with Crippen LogP contribution in [-0.2, 0) is 7.05 Å². The number of fused-ring (bicyclic) bond motifs is 1. The molecule has 0 radical (unpaired) electrons. The molecule has 0 bridgehead atoms. The number of aliphatic imine (C=N–C) groups is 1. The Bertz CT molecular complexity index is 665. The van der Waals surface area contributed by atoms with Gasteiger partial charge in [0.05, 0.1) is 12.4 Å². The summed E-state index contributed by atoms with van der Waals surface area (Å²) in [5, 5.41) is 14.9. The Balaban J connectivity index is 2.09. The predicted octanol–water partition coefficient (Wildman–Crippen LogP) is 0.424. The molecule has 0 fully saturated rings. The number of hydrogen-bond donors (Lipinski definition) is 2. The van der Waals surface area contributed by atoms with Crippen molar-refractivity contribution in [2.45, 2.75) is 5.44 Å². The summed E-state index contributed by atoms with van der Waals surface area (Å²) in [6, 6.07) is 0. The lowest BCUT2D eigenvalue weighted by Gasteiger charge is -2.21. The first-order valence-corrected chi connectivity index (χ1v) is 6.61. The minimum Gasteiger partial charge on any atom is -0.371 e. The van der Waals surface area contributed by atoms with E-state index in [4.69, 9.17) is 6.42 Å². The van der Waals surface area contributed by atoms with Crippen molar-refractivity contribution in [1.82, 2.24) is 18.7 Å². The first-order valence-electron chi connectivity index (χ1n) is 5.24. The molecule has 2 unspecified atom stereocenters. The van der Waals surface area contributed by atoms with Gasteiger partial charge >= 0.3 is 0 Å². The number of thiol groups is 1. The van der Waals surface area contributed by atoms with Crippen molar-refractivity contribution in [3.05, 3.63) is 30.5 Å². The monoisotopic (exact) mass is 261 g/mol. The van der Waals surface area contributed by atoms with Gasteiger partial charge in [-0.2, -0.15) is 5.10 Å². The fourth-order valence-electron chi connectivity index (χ4n) is 1.83. The molecule has 1 N–H and O–H groups in total. The highest BCUT2D eigenvalue weighted by molar-refractivity contribution is 8.30. The molecular formula is C11H11N5OS. The average Bonchev–Trinajstić information content (AvgIpc) is 3.01. The fraction of sp³-hybridized carbons (Fsp3) is 0.182. The molecule has 6 nitrogen and oxygen atoms in total. The van der Waals surface area contributed by atoms with Gasteiger partial charge in [0.25, 0.3) is 0 Å². The van der Waals surface area contributed by atoms with Gasteiger partial charge in [0, 0.05) is 18.8 Å². The second-order valence-electron chi connectivity index (χ2n) is 3.82. The summed E-state index contributed by atoms with van der Waals surface area (Å²) in [4.78, 5) is 8.50. The van der Waals surface area contributed by atoms with Gasteiger partial charge in [0.15, 0.2) is 11.3 Å². The largest absolute Gasteiger partial charge is 0.371 e. The van der Waals surface area contributed by atoms with Gasteiger partial charge in [-0.25, -0.2) is 9.98 Å². The van der Waals surface area contributed by atoms with Gasteiger partial charge in [-0.15, -0.1) is 6.42 Å². The van der Waals surface area contributed by atoms with Crippen LogP contribution in [0.1, 0.15) is 5.56 Å². The standard InChI is InChI=1S/C11H11N5OS/c1-3-10(17)18-11(8-4-13-15(2)6-8)14-9-5-12-7-16(9)18/h1,4-7,10,17-18H,2H3. The third-order valence-electron chi connectivity index (χ3n) is 2.61. The molecule has 0 amide bonds. The molecule has 2 atom stereocenters. The molecule has 2 aromatic rings. The molecule has 18 heavy (non-hydrogen) atoms. The van der Waals surface area contributed by atoms with Crippen molar-refractivity contribution in [1.29, 1.82) is 0 Å². The van der Waals surface area contributed by atoms with Gasteiger partial charge in [0.1, 0.15) is 11.4 Å². The van der Waals surface area contributed by atoms with Gasteiger partial charge in [-0.05, 0) is 0 Å². The summed E-state index contributed by atoms with van der Waals surface area (Å²) in [7, 11) is 1.83. The van der Waals surface area contributed by atoms with Crippen LogP contribution in [-0.4, -0.2) is 34.3 Å². The topological polar surface area (TPSA) is 68.2 Å². The van der Waals surface area contributed by atoms with Crippen LogP contribution < -0.4 is 0 Å². The highest BCUT2D eigenvalue weighted by Crippen LogP contribution is 2.45. The number of rotatable bonds is 2. The highest BCUT2D eigenvalue weighted by Gasteiger charge is 2.29. The van der Waals surface area contributed by atoms with Crippen molar-refractivity contribution < 1.29 is 5.11 Å². The van der Waals surface area contributed by atoms with Crippen LogP contribution in [0.5, 0.6) is 0 Å². The Hall–Kier alpha value is -2.04. The third kappa shape index (κ3) is 1.54. The summed E-state index contributed by atoms with van der Waals surface area (Å²) in [5.41, 5.74) is -0.00369. The average molecular weight is 261 g/mol. The normalized spacial score (nSPS) is 21.2. The van der Waals surface area contributed by atoms with Crippen LogP contribution in [0.4, 0.5) is 5.82 Å². The van der Waals surface area contributed by atoms with Crippen LogP contribution in [0, 0.1) is 12.3 Å². The number of nitrogens with zero attached hydrogens (tertiary/aromatic N) is 5. The second kappa shape index (κ2) is 4.01. The Morgan fingerprint density at radius 2 is 2.33 bits per heavy atom. The zero-order valence-corrected chi connectivity index (χ0v) is 10.5. The lowest BCUT2D eigenvalue weighted by Crippen LogP contribution is -2.14. The minimum absolute atomic E-state index is 0.717. The van der Waals surface area contributed by atoms with Crippen LogP contribution in [0.2, 0.25) is 0 Å². The molecule has 2 aromatic heterocycles. The maximum atomic E-state index is 10.00. The van der Waals surface area contributed by atoms with E-state index in [-0.39, 0.29) is 0 Å².